The first kappa shape index (κ1) is 19.6. The third-order valence-electron chi connectivity index (χ3n) is 4.86. The number of nitrogens with zero attached hydrogens (tertiary/aromatic N) is 1. The molecule has 2 heterocycles. The predicted molar refractivity (Wildman–Crippen MR) is 108 cm³/mol. The lowest BCUT2D eigenvalue weighted by Crippen LogP contribution is -2.26. The van der Waals surface area contributed by atoms with Crippen LogP contribution in [0.25, 0.3) is 11.0 Å². The number of rotatable bonds is 5. The number of hydrogen-bond donors (Lipinski definition) is 1. The molecule has 0 atom stereocenters. The molecule has 0 bridgehead atoms. The molecule has 0 saturated heterocycles. The Bertz CT molecular complexity index is 1310. The van der Waals surface area contributed by atoms with Gasteiger partial charge in [-0.15, -0.1) is 0 Å². The first-order valence-corrected chi connectivity index (χ1v) is 9.32. The Balaban J connectivity index is 1.67. The van der Waals surface area contributed by atoms with Crippen molar-refractivity contribution in [3.05, 3.63) is 105 Å². The number of hydrogen-bond acceptors (Lipinski definition) is 3. The molecule has 7 heteroatoms. The van der Waals surface area contributed by atoms with Gasteiger partial charge in [-0.25, -0.2) is 8.78 Å². The van der Waals surface area contributed by atoms with Gasteiger partial charge in [0.15, 0.2) is 0 Å². The van der Waals surface area contributed by atoms with Crippen molar-refractivity contribution in [2.45, 2.75) is 20.0 Å². The zero-order valence-corrected chi connectivity index (χ0v) is 16.1. The van der Waals surface area contributed by atoms with E-state index in [4.69, 9.17) is 4.42 Å². The van der Waals surface area contributed by atoms with Crippen LogP contribution < -0.4 is 10.9 Å². The number of aryl methyl sites for hydroxylation is 1. The monoisotopic (exact) mass is 408 g/mol. The van der Waals surface area contributed by atoms with Gasteiger partial charge in [-0.3, -0.25) is 9.59 Å². The van der Waals surface area contributed by atoms with E-state index in [1.165, 1.54) is 22.8 Å². The van der Waals surface area contributed by atoms with Gasteiger partial charge in [0, 0.05) is 18.3 Å². The van der Waals surface area contributed by atoms with Crippen molar-refractivity contribution in [2.24, 2.45) is 0 Å². The van der Waals surface area contributed by atoms with Crippen LogP contribution >= 0.6 is 0 Å². The average Bonchev–Trinajstić information content (AvgIpc) is 3.06. The first-order chi connectivity index (χ1) is 14.4. The maximum absolute atomic E-state index is 13.8. The molecule has 0 spiro atoms. The lowest BCUT2D eigenvalue weighted by atomic mass is 10.1. The van der Waals surface area contributed by atoms with Gasteiger partial charge in [0.1, 0.15) is 23.0 Å². The molecule has 0 unspecified atom stereocenters. The van der Waals surface area contributed by atoms with E-state index in [1.54, 1.807) is 49.5 Å². The molecule has 0 aliphatic heterocycles. The summed E-state index contributed by atoms with van der Waals surface area (Å²) in [4.78, 5) is 25.9. The number of benzene rings is 2. The number of amides is 1. The number of nitrogens with one attached hydrogen (secondary N) is 1. The van der Waals surface area contributed by atoms with E-state index in [0.29, 0.717) is 11.1 Å². The van der Waals surface area contributed by atoms with Crippen LogP contribution in [0.5, 0.6) is 0 Å². The van der Waals surface area contributed by atoms with Crippen molar-refractivity contribution in [2.75, 3.05) is 0 Å². The van der Waals surface area contributed by atoms with Crippen molar-refractivity contribution >= 4 is 16.9 Å². The van der Waals surface area contributed by atoms with E-state index >= 15 is 0 Å². The van der Waals surface area contributed by atoms with Crippen LogP contribution in [-0.4, -0.2) is 10.5 Å². The number of carbonyl (C=O) groups excluding carboxylic acids is 1. The maximum Gasteiger partial charge on any atom is 0.262 e. The van der Waals surface area contributed by atoms with Gasteiger partial charge < -0.3 is 14.3 Å². The summed E-state index contributed by atoms with van der Waals surface area (Å²) in [7, 11) is 0. The number of pyridine rings is 1. The molecule has 5 nitrogen and oxygen atoms in total. The molecule has 1 N–H and O–H groups in total. The highest BCUT2D eigenvalue weighted by Crippen LogP contribution is 2.23. The fourth-order valence-corrected chi connectivity index (χ4v) is 3.40. The Kier molecular flexibility index (Phi) is 5.18. The molecular weight excluding hydrogens is 390 g/mol. The average molecular weight is 408 g/mol. The molecule has 30 heavy (non-hydrogen) atoms. The second-order valence-electron chi connectivity index (χ2n) is 6.93. The van der Waals surface area contributed by atoms with Gasteiger partial charge in [0.05, 0.1) is 17.5 Å². The summed E-state index contributed by atoms with van der Waals surface area (Å²) in [5, 5.41) is 2.78. The minimum Gasteiger partial charge on any atom is -0.460 e. The Morgan fingerprint density at radius 2 is 1.90 bits per heavy atom. The number of furan rings is 1. The Morgan fingerprint density at radius 1 is 1.10 bits per heavy atom. The minimum absolute atomic E-state index is 0.0259. The van der Waals surface area contributed by atoms with E-state index < -0.39 is 23.1 Å². The van der Waals surface area contributed by atoms with Crippen LogP contribution in [0, 0.1) is 18.6 Å². The smallest absolute Gasteiger partial charge is 0.262 e. The molecule has 4 aromatic rings. The van der Waals surface area contributed by atoms with Crippen molar-refractivity contribution in [3.63, 3.8) is 0 Å². The Hall–Kier alpha value is -3.74. The van der Waals surface area contributed by atoms with Gasteiger partial charge in [0.25, 0.3) is 11.5 Å². The Morgan fingerprint density at radius 3 is 2.67 bits per heavy atom. The topological polar surface area (TPSA) is 64.2 Å². The summed E-state index contributed by atoms with van der Waals surface area (Å²) in [6, 6.07) is 13.7. The van der Waals surface area contributed by atoms with Crippen LogP contribution in [-0.2, 0) is 13.1 Å². The highest BCUT2D eigenvalue weighted by Gasteiger charge is 2.22. The molecule has 1 amide bonds. The molecule has 0 radical (unpaired) electrons. The van der Waals surface area contributed by atoms with E-state index in [0.717, 1.165) is 0 Å². The summed E-state index contributed by atoms with van der Waals surface area (Å²) in [6.45, 7) is 1.71. The Labute approximate surface area is 170 Å². The van der Waals surface area contributed by atoms with E-state index in [9.17, 15) is 18.4 Å². The molecule has 0 aliphatic rings. The van der Waals surface area contributed by atoms with E-state index in [-0.39, 0.29) is 35.4 Å². The number of carbonyl (C=O) groups is 1. The SMILES string of the molecule is Cc1oc2ccn(Cc3cccc(F)c3)c(=O)c2c1C(=O)NCc1ccccc1F. The fourth-order valence-electron chi connectivity index (χ4n) is 3.40. The van der Waals surface area contributed by atoms with Gasteiger partial charge in [-0.2, -0.15) is 0 Å². The zero-order valence-electron chi connectivity index (χ0n) is 16.1. The number of halogens is 2. The number of aromatic nitrogens is 1. The third kappa shape index (κ3) is 3.74. The summed E-state index contributed by atoms with van der Waals surface area (Å²) >= 11 is 0. The predicted octanol–water partition coefficient (Wildman–Crippen LogP) is 4.16. The second-order valence-corrected chi connectivity index (χ2v) is 6.93. The molecule has 2 aromatic heterocycles. The molecular formula is C23H18F2N2O3. The molecule has 0 saturated carbocycles. The molecule has 152 valence electrons. The lowest BCUT2D eigenvalue weighted by molar-refractivity contribution is 0.0950. The molecule has 4 rings (SSSR count). The van der Waals surface area contributed by atoms with Gasteiger partial charge in [-0.1, -0.05) is 30.3 Å². The van der Waals surface area contributed by atoms with E-state index in [2.05, 4.69) is 5.32 Å². The summed E-state index contributed by atoms with van der Waals surface area (Å²) in [5.74, 6) is -1.07. The van der Waals surface area contributed by atoms with Gasteiger partial charge in [-0.05, 0) is 36.8 Å². The quantitative estimate of drug-likeness (QED) is 0.539. The zero-order chi connectivity index (χ0) is 21.3. The van der Waals surface area contributed by atoms with Gasteiger partial charge in [0.2, 0.25) is 0 Å². The summed E-state index contributed by atoms with van der Waals surface area (Å²) < 4.78 is 34.3. The van der Waals surface area contributed by atoms with E-state index in [1.807, 2.05) is 0 Å². The summed E-state index contributed by atoms with van der Waals surface area (Å²) in [5.41, 5.74) is 0.913. The standard InChI is InChI=1S/C23H18F2N2O3/c1-14-20(22(28)26-12-16-6-2-3-8-18(16)25)21-19(30-14)9-10-27(23(21)29)13-15-5-4-7-17(24)11-15/h2-11H,12-13H2,1H3,(H,26,28). The summed E-state index contributed by atoms with van der Waals surface area (Å²) in [6.07, 6.45) is 1.54. The molecule has 0 aliphatic carbocycles. The highest BCUT2D eigenvalue weighted by atomic mass is 19.1. The third-order valence-corrected chi connectivity index (χ3v) is 4.86. The van der Waals surface area contributed by atoms with Crippen LogP contribution in [0.4, 0.5) is 8.78 Å². The largest absolute Gasteiger partial charge is 0.460 e. The van der Waals surface area contributed by atoms with Gasteiger partial charge >= 0.3 is 0 Å². The van der Waals surface area contributed by atoms with Crippen LogP contribution in [0.15, 0.2) is 70.0 Å². The minimum atomic E-state index is -0.532. The normalized spacial score (nSPS) is 11.0. The van der Waals surface area contributed by atoms with Crippen molar-refractivity contribution in [1.82, 2.24) is 9.88 Å². The molecule has 2 aromatic carbocycles. The highest BCUT2D eigenvalue weighted by molar-refractivity contribution is 6.06. The second kappa shape index (κ2) is 7.94. The number of fused-ring (bicyclic) bond motifs is 1. The maximum atomic E-state index is 13.8. The lowest BCUT2D eigenvalue weighted by Gasteiger charge is -2.08. The fraction of sp³-hybridized carbons (Fsp3) is 0.130. The van der Waals surface area contributed by atoms with Crippen LogP contribution in [0.3, 0.4) is 0 Å². The first-order valence-electron chi connectivity index (χ1n) is 9.32. The van der Waals surface area contributed by atoms with Crippen LogP contribution in [0.1, 0.15) is 27.2 Å². The van der Waals surface area contributed by atoms with Crippen molar-refractivity contribution in [3.8, 4) is 0 Å². The van der Waals surface area contributed by atoms with Crippen molar-refractivity contribution in [1.29, 1.82) is 0 Å². The molecule has 0 fully saturated rings. The van der Waals surface area contributed by atoms with Crippen LogP contribution in [0.2, 0.25) is 0 Å². The van der Waals surface area contributed by atoms with Crippen molar-refractivity contribution < 1.29 is 18.0 Å².